The Morgan fingerprint density at radius 3 is 2.54 bits per heavy atom. The number of fused-ring (bicyclic) bond motifs is 1. The highest BCUT2D eigenvalue weighted by molar-refractivity contribution is 5.89. The van der Waals surface area contributed by atoms with Gasteiger partial charge in [0.2, 0.25) is 5.88 Å². The molecule has 0 spiro atoms. The SMILES string of the molecule is Cc1cc([C@@H](C)Nc2cccnc2-c2ccc(C(=O)O)cc2)c2oc(N3CCOCC3)c(C)c(=O)c2c1. The van der Waals surface area contributed by atoms with Crippen LogP contribution in [0.3, 0.4) is 0 Å². The maximum atomic E-state index is 13.4. The van der Waals surface area contributed by atoms with Gasteiger partial charge in [0.15, 0.2) is 5.43 Å². The van der Waals surface area contributed by atoms with Crippen LogP contribution in [0.1, 0.15) is 40.0 Å². The van der Waals surface area contributed by atoms with E-state index in [4.69, 9.17) is 9.15 Å². The first-order valence-corrected chi connectivity index (χ1v) is 12.3. The highest BCUT2D eigenvalue weighted by atomic mass is 16.5. The fraction of sp³-hybridized carbons (Fsp3) is 0.276. The zero-order valence-corrected chi connectivity index (χ0v) is 21.1. The van der Waals surface area contributed by atoms with Crippen molar-refractivity contribution in [3.63, 3.8) is 0 Å². The smallest absolute Gasteiger partial charge is 0.335 e. The summed E-state index contributed by atoms with van der Waals surface area (Å²) in [5, 5.41) is 13.3. The number of carboxylic acid groups (broad SMARTS) is 1. The monoisotopic (exact) mass is 499 g/mol. The van der Waals surface area contributed by atoms with Crippen molar-refractivity contribution in [1.82, 2.24) is 4.98 Å². The number of benzene rings is 2. The Kier molecular flexibility index (Phi) is 6.67. The van der Waals surface area contributed by atoms with Gasteiger partial charge in [-0.15, -0.1) is 0 Å². The van der Waals surface area contributed by atoms with E-state index in [1.807, 2.05) is 45.0 Å². The molecule has 1 atom stereocenters. The number of nitrogens with one attached hydrogen (secondary N) is 1. The molecule has 0 amide bonds. The summed E-state index contributed by atoms with van der Waals surface area (Å²) in [5.41, 5.74) is 5.49. The average molecular weight is 500 g/mol. The van der Waals surface area contributed by atoms with Crippen LogP contribution in [-0.2, 0) is 4.74 Å². The molecule has 2 aromatic carbocycles. The van der Waals surface area contributed by atoms with Gasteiger partial charge in [0.05, 0.1) is 47.2 Å². The third-order valence-electron chi connectivity index (χ3n) is 6.72. The van der Waals surface area contributed by atoms with Gasteiger partial charge in [-0.3, -0.25) is 9.78 Å². The quantitative estimate of drug-likeness (QED) is 0.374. The van der Waals surface area contributed by atoms with Crippen LogP contribution in [0.15, 0.2) is 63.9 Å². The lowest BCUT2D eigenvalue weighted by Gasteiger charge is -2.29. The van der Waals surface area contributed by atoms with E-state index in [1.165, 1.54) is 0 Å². The van der Waals surface area contributed by atoms with E-state index in [0.717, 1.165) is 22.4 Å². The van der Waals surface area contributed by atoms with Gasteiger partial charge in [-0.05, 0) is 56.7 Å². The molecule has 1 saturated heterocycles. The molecule has 8 nitrogen and oxygen atoms in total. The number of carboxylic acids is 1. The van der Waals surface area contributed by atoms with Gasteiger partial charge < -0.3 is 24.5 Å². The Labute approximate surface area is 214 Å². The zero-order valence-electron chi connectivity index (χ0n) is 21.1. The van der Waals surface area contributed by atoms with E-state index < -0.39 is 5.97 Å². The van der Waals surface area contributed by atoms with Gasteiger partial charge in [0, 0.05) is 30.4 Å². The number of ether oxygens (including phenoxy) is 1. The molecule has 37 heavy (non-hydrogen) atoms. The van der Waals surface area contributed by atoms with Crippen LogP contribution in [0, 0.1) is 13.8 Å². The fourth-order valence-electron chi connectivity index (χ4n) is 4.78. The second-order valence-electron chi connectivity index (χ2n) is 9.34. The van der Waals surface area contributed by atoms with Crippen molar-refractivity contribution in [1.29, 1.82) is 0 Å². The molecule has 0 bridgehead atoms. The molecule has 3 heterocycles. The van der Waals surface area contributed by atoms with Crippen LogP contribution in [0.4, 0.5) is 11.6 Å². The van der Waals surface area contributed by atoms with Gasteiger partial charge in [-0.2, -0.15) is 0 Å². The van der Waals surface area contributed by atoms with Crippen molar-refractivity contribution in [2.75, 3.05) is 36.5 Å². The lowest BCUT2D eigenvalue weighted by Crippen LogP contribution is -2.37. The largest absolute Gasteiger partial charge is 0.478 e. The number of hydrogen-bond donors (Lipinski definition) is 2. The summed E-state index contributed by atoms with van der Waals surface area (Å²) in [6, 6.07) is 14.1. The van der Waals surface area contributed by atoms with Gasteiger partial charge in [-0.25, -0.2) is 4.79 Å². The van der Waals surface area contributed by atoms with Crippen molar-refractivity contribution in [3.05, 3.63) is 87.2 Å². The number of aromatic carboxylic acids is 1. The first-order valence-electron chi connectivity index (χ1n) is 12.3. The van der Waals surface area contributed by atoms with Crippen molar-refractivity contribution < 1.29 is 19.1 Å². The number of morpholine rings is 1. The minimum absolute atomic E-state index is 0.0273. The second-order valence-corrected chi connectivity index (χ2v) is 9.34. The highest BCUT2D eigenvalue weighted by Crippen LogP contribution is 2.34. The Bertz CT molecular complexity index is 1520. The molecule has 0 aliphatic carbocycles. The number of aryl methyl sites for hydroxylation is 1. The topological polar surface area (TPSA) is 105 Å². The summed E-state index contributed by atoms with van der Waals surface area (Å²) in [5.74, 6) is -0.377. The van der Waals surface area contributed by atoms with Crippen LogP contribution in [-0.4, -0.2) is 42.4 Å². The maximum Gasteiger partial charge on any atom is 0.335 e. The zero-order chi connectivity index (χ0) is 26.1. The van der Waals surface area contributed by atoms with Crippen LogP contribution >= 0.6 is 0 Å². The highest BCUT2D eigenvalue weighted by Gasteiger charge is 2.23. The van der Waals surface area contributed by atoms with Gasteiger partial charge in [0.25, 0.3) is 0 Å². The molecule has 8 heteroatoms. The van der Waals surface area contributed by atoms with Crippen LogP contribution in [0.2, 0.25) is 0 Å². The summed E-state index contributed by atoms with van der Waals surface area (Å²) in [6.45, 7) is 8.34. The van der Waals surface area contributed by atoms with Crippen molar-refractivity contribution in [3.8, 4) is 11.3 Å². The molecule has 1 aliphatic rings. The lowest BCUT2D eigenvalue weighted by atomic mass is 9.99. The number of aromatic nitrogens is 1. The molecule has 190 valence electrons. The lowest BCUT2D eigenvalue weighted by molar-refractivity contribution is 0.0697. The van der Waals surface area contributed by atoms with Crippen LogP contribution in [0.5, 0.6) is 0 Å². The molecule has 0 saturated carbocycles. The summed E-state index contributed by atoms with van der Waals surface area (Å²) in [4.78, 5) is 31.3. The molecule has 0 radical (unpaired) electrons. The predicted octanol–water partition coefficient (Wildman–Crippen LogP) is 5.18. The summed E-state index contributed by atoms with van der Waals surface area (Å²) < 4.78 is 11.9. The van der Waals surface area contributed by atoms with Crippen molar-refractivity contribution in [2.24, 2.45) is 0 Å². The average Bonchev–Trinajstić information content (AvgIpc) is 2.91. The molecule has 4 aromatic rings. The number of pyridine rings is 1. The first kappa shape index (κ1) is 24.5. The van der Waals surface area contributed by atoms with Gasteiger partial charge in [-0.1, -0.05) is 18.2 Å². The molecular weight excluding hydrogens is 470 g/mol. The Morgan fingerprint density at radius 1 is 1.11 bits per heavy atom. The predicted molar refractivity (Wildman–Crippen MR) is 144 cm³/mol. The summed E-state index contributed by atoms with van der Waals surface area (Å²) in [7, 11) is 0. The normalized spacial score (nSPS) is 14.5. The van der Waals surface area contributed by atoms with Crippen molar-refractivity contribution in [2.45, 2.75) is 26.8 Å². The van der Waals surface area contributed by atoms with E-state index in [9.17, 15) is 14.7 Å². The van der Waals surface area contributed by atoms with E-state index in [2.05, 4.69) is 15.2 Å². The Hall–Kier alpha value is -4.17. The van der Waals surface area contributed by atoms with E-state index in [-0.39, 0.29) is 17.0 Å². The minimum Gasteiger partial charge on any atom is -0.478 e. The van der Waals surface area contributed by atoms with Gasteiger partial charge >= 0.3 is 5.97 Å². The third-order valence-corrected chi connectivity index (χ3v) is 6.72. The fourth-order valence-corrected chi connectivity index (χ4v) is 4.78. The van der Waals surface area contributed by atoms with Crippen LogP contribution in [0.25, 0.3) is 22.2 Å². The molecule has 1 fully saturated rings. The molecule has 1 aliphatic heterocycles. The number of rotatable bonds is 6. The standard InChI is InChI=1S/C29H29N3O5/c1-17-15-22(27-23(16-17)26(33)18(2)28(37-27)32-11-13-36-14-12-32)19(3)31-24-5-4-10-30-25(24)20-6-8-21(9-7-20)29(34)35/h4-10,15-16,19,31H,11-14H2,1-3H3,(H,34,35)/t19-/m1/s1. The number of anilines is 2. The molecule has 0 unspecified atom stereocenters. The Balaban J connectivity index is 1.55. The molecular formula is C29H29N3O5. The molecule has 5 rings (SSSR count). The second kappa shape index (κ2) is 10.1. The van der Waals surface area contributed by atoms with Gasteiger partial charge in [0.1, 0.15) is 5.58 Å². The van der Waals surface area contributed by atoms with E-state index in [0.29, 0.717) is 54.4 Å². The number of carbonyl (C=O) groups is 1. The minimum atomic E-state index is -0.973. The summed E-state index contributed by atoms with van der Waals surface area (Å²) in [6.07, 6.45) is 1.70. The summed E-state index contributed by atoms with van der Waals surface area (Å²) >= 11 is 0. The molecule has 2 aromatic heterocycles. The number of nitrogens with zero attached hydrogens (tertiary/aromatic N) is 2. The van der Waals surface area contributed by atoms with E-state index in [1.54, 1.807) is 30.5 Å². The number of hydrogen-bond acceptors (Lipinski definition) is 7. The molecule has 2 N–H and O–H groups in total. The van der Waals surface area contributed by atoms with Crippen molar-refractivity contribution >= 4 is 28.5 Å². The van der Waals surface area contributed by atoms with Crippen LogP contribution < -0.4 is 15.6 Å². The third kappa shape index (κ3) is 4.80. The first-order chi connectivity index (χ1) is 17.8. The Morgan fingerprint density at radius 2 is 1.84 bits per heavy atom. The maximum absolute atomic E-state index is 13.4. The van der Waals surface area contributed by atoms with E-state index >= 15 is 0 Å².